The zero-order valence-electron chi connectivity index (χ0n) is 9.70. The van der Waals surface area contributed by atoms with Crippen molar-refractivity contribution in [2.75, 3.05) is 12.8 Å². The van der Waals surface area contributed by atoms with Gasteiger partial charge in [-0.3, -0.25) is 4.79 Å². The molecule has 1 atom stereocenters. The lowest BCUT2D eigenvalue weighted by Crippen LogP contribution is -2.35. The summed E-state index contributed by atoms with van der Waals surface area (Å²) in [5.41, 5.74) is 6.46. The Hall–Kier alpha value is -1.29. The molecule has 0 fully saturated rings. The first-order chi connectivity index (χ1) is 7.47. The molecular weight excluding hydrogens is 226 g/mol. The summed E-state index contributed by atoms with van der Waals surface area (Å²) >= 11 is 5.74. The van der Waals surface area contributed by atoms with Gasteiger partial charge in [-0.15, -0.1) is 0 Å². The molecule has 16 heavy (non-hydrogen) atoms. The number of amides is 1. The van der Waals surface area contributed by atoms with Crippen LogP contribution in [0.3, 0.4) is 0 Å². The van der Waals surface area contributed by atoms with Crippen molar-refractivity contribution >= 4 is 23.2 Å². The monoisotopic (exact) mass is 241 g/mol. The number of aromatic nitrogens is 1. The van der Waals surface area contributed by atoms with Crippen LogP contribution < -0.4 is 5.73 Å². The maximum absolute atomic E-state index is 12.1. The van der Waals surface area contributed by atoms with Crippen LogP contribution in [-0.4, -0.2) is 28.9 Å². The molecule has 0 aromatic carbocycles. The van der Waals surface area contributed by atoms with Crippen molar-refractivity contribution in [3.05, 3.63) is 23.0 Å². The number of halogens is 1. The number of carbonyl (C=O) groups is 1. The van der Waals surface area contributed by atoms with Crippen molar-refractivity contribution in [2.24, 2.45) is 0 Å². The molecular formula is C11H16ClN3O. The van der Waals surface area contributed by atoms with Crippen LogP contribution in [0.15, 0.2) is 12.3 Å². The first-order valence-electron chi connectivity index (χ1n) is 5.15. The molecule has 1 rings (SSSR count). The van der Waals surface area contributed by atoms with Crippen molar-refractivity contribution in [3.63, 3.8) is 0 Å². The van der Waals surface area contributed by atoms with Gasteiger partial charge in [-0.2, -0.15) is 0 Å². The van der Waals surface area contributed by atoms with E-state index < -0.39 is 0 Å². The van der Waals surface area contributed by atoms with E-state index in [1.54, 1.807) is 11.9 Å². The zero-order valence-corrected chi connectivity index (χ0v) is 10.5. The van der Waals surface area contributed by atoms with Crippen molar-refractivity contribution in [2.45, 2.75) is 26.3 Å². The summed E-state index contributed by atoms with van der Waals surface area (Å²) in [6.45, 7) is 4.01. The number of nitrogen functional groups attached to an aromatic ring is 1. The number of nitrogens with zero attached hydrogens (tertiary/aromatic N) is 2. The highest BCUT2D eigenvalue weighted by atomic mass is 35.5. The van der Waals surface area contributed by atoms with Crippen molar-refractivity contribution in [3.8, 4) is 0 Å². The van der Waals surface area contributed by atoms with Gasteiger partial charge in [-0.1, -0.05) is 18.5 Å². The Balaban J connectivity index is 3.00. The van der Waals surface area contributed by atoms with Crippen molar-refractivity contribution < 1.29 is 4.79 Å². The molecule has 0 radical (unpaired) electrons. The molecule has 0 aliphatic carbocycles. The summed E-state index contributed by atoms with van der Waals surface area (Å²) in [6, 6.07) is 1.66. The standard InChI is InChI=1S/C11H16ClN3O/c1-4-7(2)15(3)11(16)8-5-10(12)14-6-9(8)13/h5-7H,4,13H2,1-3H3. The predicted molar refractivity (Wildman–Crippen MR) is 65.5 cm³/mol. The van der Waals surface area contributed by atoms with E-state index in [1.807, 2.05) is 13.8 Å². The number of anilines is 1. The predicted octanol–water partition coefficient (Wildman–Crippen LogP) is 2.19. The third-order valence-electron chi connectivity index (χ3n) is 2.70. The van der Waals surface area contributed by atoms with Gasteiger partial charge >= 0.3 is 0 Å². The molecule has 0 saturated carbocycles. The fourth-order valence-electron chi connectivity index (χ4n) is 1.29. The third-order valence-corrected chi connectivity index (χ3v) is 2.91. The lowest BCUT2D eigenvalue weighted by molar-refractivity contribution is 0.0741. The van der Waals surface area contributed by atoms with E-state index in [4.69, 9.17) is 17.3 Å². The minimum atomic E-state index is -0.129. The normalized spacial score (nSPS) is 12.2. The first kappa shape index (κ1) is 12.8. The maximum Gasteiger partial charge on any atom is 0.256 e. The molecule has 1 heterocycles. The van der Waals surface area contributed by atoms with Gasteiger partial charge in [0.05, 0.1) is 17.4 Å². The number of hydrogen-bond acceptors (Lipinski definition) is 3. The van der Waals surface area contributed by atoms with Crippen LogP contribution in [0.2, 0.25) is 5.15 Å². The van der Waals surface area contributed by atoms with Crippen LogP contribution in [0.5, 0.6) is 0 Å². The molecule has 0 bridgehead atoms. The largest absolute Gasteiger partial charge is 0.397 e. The summed E-state index contributed by atoms with van der Waals surface area (Å²) < 4.78 is 0. The van der Waals surface area contributed by atoms with Crippen LogP contribution in [-0.2, 0) is 0 Å². The van der Waals surface area contributed by atoms with Crippen molar-refractivity contribution in [1.29, 1.82) is 0 Å². The van der Waals surface area contributed by atoms with E-state index >= 15 is 0 Å². The Morgan fingerprint density at radius 2 is 2.31 bits per heavy atom. The van der Waals surface area contributed by atoms with E-state index in [0.717, 1.165) is 6.42 Å². The lowest BCUT2D eigenvalue weighted by Gasteiger charge is -2.24. The number of carbonyl (C=O) groups excluding carboxylic acids is 1. The Morgan fingerprint density at radius 1 is 1.69 bits per heavy atom. The fourth-order valence-corrected chi connectivity index (χ4v) is 1.45. The Morgan fingerprint density at radius 3 is 2.88 bits per heavy atom. The minimum Gasteiger partial charge on any atom is -0.397 e. The molecule has 0 aliphatic rings. The molecule has 4 nitrogen and oxygen atoms in total. The van der Waals surface area contributed by atoms with Crippen LogP contribution in [0, 0.1) is 0 Å². The quantitative estimate of drug-likeness (QED) is 0.826. The number of nitrogens with two attached hydrogens (primary N) is 1. The fraction of sp³-hybridized carbons (Fsp3) is 0.455. The van der Waals surface area contributed by atoms with Crippen LogP contribution in [0.4, 0.5) is 5.69 Å². The number of rotatable bonds is 3. The summed E-state index contributed by atoms with van der Waals surface area (Å²) in [5.74, 6) is -0.129. The molecule has 1 unspecified atom stereocenters. The first-order valence-corrected chi connectivity index (χ1v) is 5.53. The SMILES string of the molecule is CCC(C)N(C)C(=O)c1cc(Cl)ncc1N. The van der Waals surface area contributed by atoms with Gasteiger partial charge in [0, 0.05) is 13.1 Å². The second kappa shape index (κ2) is 5.16. The minimum absolute atomic E-state index is 0.129. The average molecular weight is 242 g/mol. The Kier molecular flexibility index (Phi) is 4.12. The van der Waals surface area contributed by atoms with Crippen molar-refractivity contribution in [1.82, 2.24) is 9.88 Å². The van der Waals surface area contributed by atoms with Gasteiger partial charge in [0.15, 0.2) is 0 Å². The molecule has 5 heteroatoms. The second-order valence-electron chi connectivity index (χ2n) is 3.77. The molecule has 88 valence electrons. The average Bonchev–Trinajstić information content (AvgIpc) is 2.29. The van der Waals surface area contributed by atoms with Gasteiger partial charge in [-0.25, -0.2) is 4.98 Å². The van der Waals surface area contributed by atoms with Gasteiger partial charge < -0.3 is 10.6 Å². The number of pyridine rings is 1. The summed E-state index contributed by atoms with van der Waals surface area (Å²) in [7, 11) is 1.75. The molecule has 0 spiro atoms. The van der Waals surface area contributed by atoms with Crippen LogP contribution >= 0.6 is 11.6 Å². The Bertz CT molecular complexity index is 395. The van der Waals surface area contributed by atoms with Crippen LogP contribution in [0.25, 0.3) is 0 Å². The lowest BCUT2D eigenvalue weighted by atomic mass is 10.1. The van der Waals surface area contributed by atoms with Crippen LogP contribution in [0.1, 0.15) is 30.6 Å². The van der Waals surface area contributed by atoms with Gasteiger partial charge in [-0.05, 0) is 19.4 Å². The van der Waals surface area contributed by atoms with E-state index in [1.165, 1.54) is 12.3 Å². The third kappa shape index (κ3) is 2.64. The molecule has 0 aliphatic heterocycles. The smallest absolute Gasteiger partial charge is 0.256 e. The highest BCUT2D eigenvalue weighted by Crippen LogP contribution is 2.18. The summed E-state index contributed by atoms with van der Waals surface area (Å²) in [4.78, 5) is 17.5. The van der Waals surface area contributed by atoms with E-state index in [0.29, 0.717) is 11.3 Å². The maximum atomic E-state index is 12.1. The molecule has 1 aromatic heterocycles. The highest BCUT2D eigenvalue weighted by molar-refractivity contribution is 6.29. The summed E-state index contributed by atoms with van der Waals surface area (Å²) in [5, 5.41) is 0.273. The number of hydrogen-bond donors (Lipinski definition) is 1. The zero-order chi connectivity index (χ0) is 12.3. The van der Waals surface area contributed by atoms with E-state index in [2.05, 4.69) is 4.98 Å². The molecule has 1 amide bonds. The molecule has 2 N–H and O–H groups in total. The topological polar surface area (TPSA) is 59.2 Å². The van der Waals surface area contributed by atoms with Gasteiger partial charge in [0.1, 0.15) is 5.15 Å². The van der Waals surface area contributed by atoms with Gasteiger partial charge in [0.25, 0.3) is 5.91 Å². The second-order valence-corrected chi connectivity index (χ2v) is 4.15. The van der Waals surface area contributed by atoms with E-state index in [9.17, 15) is 4.79 Å². The molecule has 0 saturated heterocycles. The highest BCUT2D eigenvalue weighted by Gasteiger charge is 2.18. The van der Waals surface area contributed by atoms with Gasteiger partial charge in [0.2, 0.25) is 0 Å². The van der Waals surface area contributed by atoms with E-state index in [-0.39, 0.29) is 17.1 Å². The Labute approximate surface area is 100 Å². The molecule has 1 aromatic rings. The summed E-state index contributed by atoms with van der Waals surface area (Å²) in [6.07, 6.45) is 2.29.